The highest BCUT2D eigenvalue weighted by Gasteiger charge is 2.10. The lowest BCUT2D eigenvalue weighted by Gasteiger charge is -2.17. The highest BCUT2D eigenvalue weighted by molar-refractivity contribution is 14.1. The Morgan fingerprint density at radius 1 is 1.33 bits per heavy atom. The lowest BCUT2D eigenvalue weighted by molar-refractivity contribution is 0.0517. The van der Waals surface area contributed by atoms with Crippen LogP contribution < -0.4 is 0 Å². The van der Waals surface area contributed by atoms with Crippen LogP contribution in [-0.4, -0.2) is 11.0 Å². The zero-order chi connectivity index (χ0) is 11.3. The summed E-state index contributed by atoms with van der Waals surface area (Å²) in [7, 11) is 0. The SMILES string of the molecule is Cc1cccc(C(CI)OCC(C)C)c1. The fourth-order valence-corrected chi connectivity index (χ4v) is 2.17. The predicted octanol–water partition coefficient (Wildman–Crippen LogP) is 4.14. The lowest BCUT2D eigenvalue weighted by Crippen LogP contribution is -2.10. The van der Waals surface area contributed by atoms with Crippen LogP contribution in [0.5, 0.6) is 0 Å². The van der Waals surface area contributed by atoms with Crippen molar-refractivity contribution in [3.8, 4) is 0 Å². The molecule has 0 bridgehead atoms. The minimum absolute atomic E-state index is 0.243. The first kappa shape index (κ1) is 13.0. The molecule has 0 saturated heterocycles. The summed E-state index contributed by atoms with van der Waals surface area (Å²) in [4.78, 5) is 0. The molecule has 0 saturated carbocycles. The Hall–Kier alpha value is -0.0900. The minimum Gasteiger partial charge on any atom is -0.372 e. The molecule has 0 N–H and O–H groups in total. The molecule has 0 radical (unpaired) electrons. The van der Waals surface area contributed by atoms with E-state index in [1.54, 1.807) is 0 Å². The van der Waals surface area contributed by atoms with Gasteiger partial charge < -0.3 is 4.74 Å². The van der Waals surface area contributed by atoms with E-state index in [0.29, 0.717) is 5.92 Å². The van der Waals surface area contributed by atoms with Crippen molar-refractivity contribution in [3.05, 3.63) is 35.4 Å². The molecular formula is C13H19IO. The van der Waals surface area contributed by atoms with Crippen LogP contribution in [-0.2, 0) is 4.74 Å². The van der Waals surface area contributed by atoms with Crippen LogP contribution in [0.3, 0.4) is 0 Å². The fraction of sp³-hybridized carbons (Fsp3) is 0.538. The highest BCUT2D eigenvalue weighted by Crippen LogP contribution is 2.21. The maximum Gasteiger partial charge on any atom is 0.0914 e. The molecule has 0 aromatic heterocycles. The summed E-state index contributed by atoms with van der Waals surface area (Å²) >= 11 is 2.39. The molecule has 0 spiro atoms. The van der Waals surface area contributed by atoms with Crippen LogP contribution in [0.4, 0.5) is 0 Å². The van der Waals surface area contributed by atoms with Crippen molar-refractivity contribution in [2.24, 2.45) is 5.92 Å². The number of alkyl halides is 1. The van der Waals surface area contributed by atoms with Gasteiger partial charge in [-0.25, -0.2) is 0 Å². The van der Waals surface area contributed by atoms with Crippen molar-refractivity contribution in [3.63, 3.8) is 0 Å². The summed E-state index contributed by atoms with van der Waals surface area (Å²) in [5, 5.41) is 0. The van der Waals surface area contributed by atoms with Crippen LogP contribution in [0, 0.1) is 12.8 Å². The summed E-state index contributed by atoms with van der Waals surface area (Å²) in [5.74, 6) is 0.597. The van der Waals surface area contributed by atoms with Gasteiger partial charge in [0.15, 0.2) is 0 Å². The smallest absolute Gasteiger partial charge is 0.0914 e. The van der Waals surface area contributed by atoms with Gasteiger partial charge in [-0.3, -0.25) is 0 Å². The van der Waals surface area contributed by atoms with Crippen LogP contribution in [0.25, 0.3) is 0 Å². The summed E-state index contributed by atoms with van der Waals surface area (Å²) in [6, 6.07) is 8.58. The predicted molar refractivity (Wildman–Crippen MR) is 73.6 cm³/mol. The fourth-order valence-electron chi connectivity index (χ4n) is 1.41. The Labute approximate surface area is 106 Å². The van der Waals surface area contributed by atoms with E-state index in [2.05, 4.69) is 67.6 Å². The molecule has 1 unspecified atom stereocenters. The summed E-state index contributed by atoms with van der Waals surface area (Å²) in [6.07, 6.45) is 0.243. The average Bonchev–Trinajstić information content (AvgIpc) is 2.18. The van der Waals surface area contributed by atoms with Gasteiger partial charge >= 0.3 is 0 Å². The highest BCUT2D eigenvalue weighted by atomic mass is 127. The van der Waals surface area contributed by atoms with Gasteiger partial charge in [0.25, 0.3) is 0 Å². The Morgan fingerprint density at radius 3 is 2.60 bits per heavy atom. The summed E-state index contributed by atoms with van der Waals surface area (Å²) in [6.45, 7) is 7.32. The topological polar surface area (TPSA) is 9.23 Å². The van der Waals surface area contributed by atoms with Gasteiger partial charge in [0.2, 0.25) is 0 Å². The Bertz CT molecular complexity index is 296. The van der Waals surface area contributed by atoms with Crippen molar-refractivity contribution in [2.45, 2.75) is 26.9 Å². The molecule has 1 atom stereocenters. The van der Waals surface area contributed by atoms with Crippen LogP contribution in [0.1, 0.15) is 31.1 Å². The third-order valence-electron chi connectivity index (χ3n) is 2.18. The molecule has 0 amide bonds. The number of aryl methyl sites for hydroxylation is 1. The first-order chi connectivity index (χ1) is 7.13. The van der Waals surface area contributed by atoms with Crippen molar-refractivity contribution >= 4 is 22.6 Å². The molecule has 0 aliphatic rings. The molecule has 0 aliphatic carbocycles. The molecule has 84 valence electrons. The number of rotatable bonds is 5. The lowest BCUT2D eigenvalue weighted by atomic mass is 10.1. The van der Waals surface area contributed by atoms with Gasteiger partial charge in [0, 0.05) is 11.0 Å². The van der Waals surface area contributed by atoms with Gasteiger partial charge in [0.1, 0.15) is 0 Å². The monoisotopic (exact) mass is 318 g/mol. The van der Waals surface area contributed by atoms with Crippen LogP contribution in [0.15, 0.2) is 24.3 Å². The zero-order valence-electron chi connectivity index (χ0n) is 9.66. The molecule has 15 heavy (non-hydrogen) atoms. The molecule has 1 rings (SSSR count). The van der Waals surface area contributed by atoms with E-state index in [0.717, 1.165) is 11.0 Å². The van der Waals surface area contributed by atoms with E-state index < -0.39 is 0 Å². The number of hydrogen-bond donors (Lipinski definition) is 0. The van der Waals surface area contributed by atoms with E-state index in [1.165, 1.54) is 11.1 Å². The third kappa shape index (κ3) is 4.51. The third-order valence-corrected chi connectivity index (χ3v) is 2.98. The second kappa shape index (κ2) is 6.48. The molecule has 0 fully saturated rings. The normalized spacial score (nSPS) is 13.1. The Balaban J connectivity index is 2.65. The van der Waals surface area contributed by atoms with E-state index in [-0.39, 0.29) is 6.10 Å². The molecule has 2 heteroatoms. The van der Waals surface area contributed by atoms with Gasteiger partial charge in [-0.05, 0) is 18.4 Å². The van der Waals surface area contributed by atoms with Gasteiger partial charge in [-0.1, -0.05) is 66.3 Å². The number of benzene rings is 1. The van der Waals surface area contributed by atoms with Crippen molar-refractivity contribution in [1.29, 1.82) is 0 Å². The second-order valence-corrected chi connectivity index (χ2v) is 5.17. The largest absolute Gasteiger partial charge is 0.372 e. The molecular weight excluding hydrogens is 299 g/mol. The zero-order valence-corrected chi connectivity index (χ0v) is 11.8. The number of halogens is 1. The Kier molecular flexibility index (Phi) is 5.61. The summed E-state index contributed by atoms with van der Waals surface area (Å²) in [5.41, 5.74) is 2.60. The number of hydrogen-bond acceptors (Lipinski definition) is 1. The number of ether oxygens (including phenoxy) is 1. The van der Waals surface area contributed by atoms with E-state index in [9.17, 15) is 0 Å². The molecule has 1 aromatic carbocycles. The van der Waals surface area contributed by atoms with Crippen LogP contribution in [0.2, 0.25) is 0 Å². The van der Waals surface area contributed by atoms with Crippen molar-refractivity contribution in [2.75, 3.05) is 11.0 Å². The summed E-state index contributed by atoms with van der Waals surface area (Å²) < 4.78 is 6.89. The molecule has 1 aromatic rings. The first-order valence-corrected chi connectivity index (χ1v) is 6.90. The Morgan fingerprint density at radius 2 is 2.07 bits per heavy atom. The molecule has 0 aliphatic heterocycles. The van der Waals surface area contributed by atoms with Crippen molar-refractivity contribution < 1.29 is 4.74 Å². The molecule has 1 nitrogen and oxygen atoms in total. The van der Waals surface area contributed by atoms with Crippen molar-refractivity contribution in [1.82, 2.24) is 0 Å². The van der Waals surface area contributed by atoms with Gasteiger partial charge in [0.05, 0.1) is 6.10 Å². The van der Waals surface area contributed by atoms with E-state index in [4.69, 9.17) is 4.74 Å². The maximum absolute atomic E-state index is 5.89. The second-order valence-electron chi connectivity index (χ2n) is 4.28. The van der Waals surface area contributed by atoms with Gasteiger partial charge in [-0.15, -0.1) is 0 Å². The standard InChI is InChI=1S/C13H19IO/c1-10(2)9-15-13(8-14)12-6-4-5-11(3)7-12/h4-7,10,13H,8-9H2,1-3H3. The quantitative estimate of drug-likeness (QED) is 0.585. The van der Waals surface area contributed by atoms with Crippen LogP contribution >= 0.6 is 22.6 Å². The average molecular weight is 318 g/mol. The first-order valence-electron chi connectivity index (χ1n) is 5.37. The van der Waals surface area contributed by atoms with E-state index >= 15 is 0 Å². The minimum atomic E-state index is 0.243. The molecule has 0 heterocycles. The van der Waals surface area contributed by atoms with E-state index in [1.807, 2.05) is 0 Å². The van der Waals surface area contributed by atoms with Gasteiger partial charge in [-0.2, -0.15) is 0 Å². The maximum atomic E-state index is 5.89.